The third kappa shape index (κ3) is 10.9. The molecule has 0 heterocycles. The third-order valence-corrected chi connectivity index (χ3v) is 9.62. The molecule has 0 aliphatic rings. The van der Waals surface area contributed by atoms with Crippen molar-refractivity contribution in [2.45, 2.75) is 153 Å². The van der Waals surface area contributed by atoms with E-state index >= 15 is 0 Å². The number of hydrogen-bond donors (Lipinski definition) is 1. The fourth-order valence-corrected chi connectivity index (χ4v) is 6.92. The molecule has 0 radical (unpaired) electrons. The highest BCUT2D eigenvalue weighted by Crippen LogP contribution is 2.50. The minimum Gasteiger partial charge on any atom is -0.481 e. The summed E-state index contributed by atoms with van der Waals surface area (Å²) < 4.78 is 5.86. The van der Waals surface area contributed by atoms with Gasteiger partial charge in [-0.1, -0.05) is 103 Å². The minimum atomic E-state index is -0.960. The maximum Gasteiger partial charge on any atom is 0.341 e. The van der Waals surface area contributed by atoms with Crippen LogP contribution in [0.4, 0.5) is 0 Å². The number of rotatable bonds is 9. The van der Waals surface area contributed by atoms with Gasteiger partial charge in [0.15, 0.2) is 6.61 Å². The van der Waals surface area contributed by atoms with Crippen LogP contribution in [0.25, 0.3) is 0 Å². The normalized spacial score (nSPS) is 13.0. The Morgan fingerprint density at radius 3 is 1.46 bits per heavy atom. The Labute approximate surface area is 261 Å². The van der Waals surface area contributed by atoms with Crippen molar-refractivity contribution in [1.82, 2.24) is 0 Å². The zero-order valence-electron chi connectivity index (χ0n) is 28.9. The number of carboxylic acid groups (broad SMARTS) is 1. The first-order chi connectivity index (χ1) is 18.5. The Hall–Kier alpha value is -1.59. The molecule has 0 atom stereocenters. The van der Waals surface area contributed by atoms with Crippen LogP contribution in [0, 0.1) is 0 Å². The highest BCUT2D eigenvalue weighted by molar-refractivity contribution is 8.18. The van der Waals surface area contributed by atoms with E-state index in [0.717, 1.165) is 23.3 Å². The van der Waals surface area contributed by atoms with E-state index in [4.69, 9.17) is 4.74 Å². The fourth-order valence-electron chi connectivity index (χ4n) is 4.31. The second-order valence-corrected chi connectivity index (χ2v) is 18.5. The Bertz CT molecular complexity index is 1140. The molecule has 232 valence electrons. The van der Waals surface area contributed by atoms with E-state index in [2.05, 4.69) is 127 Å². The van der Waals surface area contributed by atoms with Gasteiger partial charge >= 0.3 is 5.97 Å². The molecule has 0 amide bonds. The van der Waals surface area contributed by atoms with Crippen molar-refractivity contribution in [1.29, 1.82) is 0 Å². The highest BCUT2D eigenvalue weighted by atomic mass is 32.2. The van der Waals surface area contributed by atoms with Crippen LogP contribution in [-0.2, 0) is 26.5 Å². The summed E-state index contributed by atoms with van der Waals surface area (Å²) in [6, 6.07) is 11.5. The van der Waals surface area contributed by atoms with Crippen molar-refractivity contribution in [3.63, 3.8) is 0 Å². The van der Waals surface area contributed by atoms with E-state index in [1.165, 1.54) is 20.9 Å². The van der Waals surface area contributed by atoms with E-state index < -0.39 is 5.97 Å². The highest BCUT2D eigenvalue weighted by Gasteiger charge is 2.32. The summed E-state index contributed by atoms with van der Waals surface area (Å²) in [6.07, 6.45) is 0.918. The number of aliphatic carboxylic acids is 1. The van der Waals surface area contributed by atoms with Crippen LogP contribution in [0.5, 0.6) is 5.75 Å². The van der Waals surface area contributed by atoms with Crippen molar-refractivity contribution in [2.75, 3.05) is 6.61 Å². The monoisotopic (exact) mass is 602 g/mol. The van der Waals surface area contributed by atoms with E-state index in [1.807, 2.05) is 37.4 Å². The Balaban J connectivity index is 0.00000411. The maximum absolute atomic E-state index is 11.4. The molecule has 2 aromatic carbocycles. The molecule has 0 fully saturated rings. The summed E-state index contributed by atoms with van der Waals surface area (Å²) in [5.41, 5.74) is 4.62. The lowest BCUT2D eigenvalue weighted by atomic mass is 9.77. The molecule has 0 bridgehead atoms. The summed E-state index contributed by atoms with van der Waals surface area (Å²) in [5.74, 6) is -0.238. The van der Waals surface area contributed by atoms with Crippen molar-refractivity contribution in [2.24, 2.45) is 0 Å². The van der Waals surface area contributed by atoms with Gasteiger partial charge in [-0.2, -0.15) is 0 Å². The Morgan fingerprint density at radius 1 is 0.683 bits per heavy atom. The first-order valence-electron chi connectivity index (χ1n) is 15.0. The van der Waals surface area contributed by atoms with E-state index in [1.54, 1.807) is 0 Å². The minimum absolute atomic E-state index is 0.0713. The van der Waals surface area contributed by atoms with Gasteiger partial charge in [0.25, 0.3) is 0 Å². The summed E-state index contributed by atoms with van der Waals surface area (Å²) in [4.78, 5) is 13.9. The predicted octanol–water partition coefficient (Wildman–Crippen LogP) is 11.4. The molecule has 0 aliphatic carbocycles. The standard InChI is InChI=1S/C34H52O3S2.C2H6/c1-15-33(11,12)27-20-25(19-26(32(8,9)10)29(27)37-21-28(35)36)39-34(13,14)38-24-17-22(30(2,3)4)16-23(18-24)31(5,6)7;1-2/h16-20H,15,21H2,1-14H3,(H,35,36);1-2H3. The lowest BCUT2D eigenvalue weighted by molar-refractivity contribution is -0.139. The molecule has 0 spiro atoms. The van der Waals surface area contributed by atoms with Crippen LogP contribution in [-0.4, -0.2) is 21.8 Å². The van der Waals surface area contributed by atoms with Gasteiger partial charge in [0.05, 0.1) is 4.08 Å². The van der Waals surface area contributed by atoms with Crippen LogP contribution < -0.4 is 4.74 Å². The zero-order valence-corrected chi connectivity index (χ0v) is 30.5. The SMILES string of the molecule is CC.CCC(C)(C)c1cc(SC(C)(C)Sc2cc(C(C)(C)C)cc(C(C)(C)C)c2)cc(C(C)(C)C)c1OCC(=O)O. The van der Waals surface area contributed by atoms with E-state index in [9.17, 15) is 9.90 Å². The number of ether oxygens (including phenoxy) is 1. The molecule has 2 aromatic rings. The molecule has 41 heavy (non-hydrogen) atoms. The lowest BCUT2D eigenvalue weighted by Crippen LogP contribution is -2.23. The van der Waals surface area contributed by atoms with Gasteiger partial charge in [0.1, 0.15) is 5.75 Å². The van der Waals surface area contributed by atoms with Gasteiger partial charge in [-0.15, -0.1) is 23.5 Å². The molecule has 0 unspecified atom stereocenters. The number of carboxylic acids is 1. The molecule has 3 nitrogen and oxygen atoms in total. The topological polar surface area (TPSA) is 46.5 Å². The first kappa shape index (κ1) is 37.4. The van der Waals surface area contributed by atoms with Crippen LogP contribution in [0.2, 0.25) is 0 Å². The third-order valence-electron chi connectivity index (χ3n) is 7.19. The molecule has 1 N–H and O–H groups in total. The van der Waals surface area contributed by atoms with Gasteiger partial charge in [-0.3, -0.25) is 0 Å². The quantitative estimate of drug-likeness (QED) is 0.228. The van der Waals surface area contributed by atoms with Gasteiger partial charge < -0.3 is 9.84 Å². The zero-order chi connectivity index (χ0) is 32.2. The maximum atomic E-state index is 11.4. The van der Waals surface area contributed by atoms with Crippen LogP contribution in [0.3, 0.4) is 0 Å². The number of carbonyl (C=O) groups is 1. The van der Waals surface area contributed by atoms with Crippen molar-refractivity contribution >= 4 is 29.5 Å². The van der Waals surface area contributed by atoms with Gasteiger partial charge in [0.2, 0.25) is 0 Å². The smallest absolute Gasteiger partial charge is 0.341 e. The van der Waals surface area contributed by atoms with E-state index in [0.29, 0.717) is 0 Å². The lowest BCUT2D eigenvalue weighted by Gasteiger charge is -2.33. The van der Waals surface area contributed by atoms with E-state index in [-0.39, 0.29) is 32.3 Å². The molecule has 0 saturated carbocycles. The van der Waals surface area contributed by atoms with Crippen LogP contribution >= 0.6 is 23.5 Å². The second-order valence-electron chi connectivity index (χ2n) is 14.9. The van der Waals surface area contributed by atoms with Gasteiger partial charge in [-0.05, 0) is 77.3 Å². The molecule has 0 aromatic heterocycles. The van der Waals surface area contributed by atoms with Gasteiger partial charge in [0, 0.05) is 20.9 Å². The summed E-state index contributed by atoms with van der Waals surface area (Å²) in [5, 5.41) is 9.37. The molecular formula is C36H58O3S2. The first-order valence-corrected chi connectivity index (χ1v) is 16.7. The fraction of sp³-hybridized carbons (Fsp3) is 0.639. The molecule has 0 aliphatic heterocycles. The number of thioether (sulfide) groups is 2. The Morgan fingerprint density at radius 2 is 1.10 bits per heavy atom. The summed E-state index contributed by atoms with van der Waals surface area (Å²) in [6.45, 7) is 35.0. The van der Waals surface area contributed by atoms with Crippen molar-refractivity contribution in [3.8, 4) is 5.75 Å². The second kappa shape index (κ2) is 13.8. The Kier molecular flexibility index (Phi) is 12.6. The largest absolute Gasteiger partial charge is 0.481 e. The van der Waals surface area contributed by atoms with Crippen molar-refractivity contribution < 1.29 is 14.6 Å². The summed E-state index contributed by atoms with van der Waals surface area (Å²) in [7, 11) is 0. The number of benzene rings is 2. The molecular weight excluding hydrogens is 545 g/mol. The van der Waals surface area contributed by atoms with Crippen LogP contribution in [0.1, 0.15) is 139 Å². The van der Waals surface area contributed by atoms with Crippen molar-refractivity contribution in [3.05, 3.63) is 52.6 Å². The summed E-state index contributed by atoms with van der Waals surface area (Å²) >= 11 is 3.77. The molecule has 2 rings (SSSR count). The predicted molar refractivity (Wildman–Crippen MR) is 183 cm³/mol. The number of hydrogen-bond acceptors (Lipinski definition) is 4. The molecule has 0 saturated heterocycles. The molecule has 5 heteroatoms. The average Bonchev–Trinajstić information content (AvgIpc) is 2.81. The van der Waals surface area contributed by atoms with Crippen LogP contribution in [0.15, 0.2) is 40.1 Å². The van der Waals surface area contributed by atoms with Gasteiger partial charge in [-0.25, -0.2) is 4.79 Å². The average molecular weight is 603 g/mol.